The number of aryl methyl sites for hydroxylation is 1. The zero-order valence-electron chi connectivity index (χ0n) is 26.8. The monoisotopic (exact) mass is 816 g/mol. The van der Waals surface area contributed by atoms with Crippen LogP contribution in [0.25, 0.3) is 0 Å². The minimum absolute atomic E-state index is 0.0390. The molecule has 5 aromatic rings. The van der Waals surface area contributed by atoms with E-state index in [9.17, 15) is 0 Å². The normalized spacial score (nSPS) is 13.6. The van der Waals surface area contributed by atoms with E-state index >= 15 is 0 Å². The van der Waals surface area contributed by atoms with Crippen LogP contribution in [0.3, 0.4) is 0 Å². The van der Waals surface area contributed by atoms with Gasteiger partial charge in [-0.1, -0.05) is 145 Å². The summed E-state index contributed by atoms with van der Waals surface area (Å²) >= 11 is 1.75. The number of allylic oxidation sites excluding steroid dienone is 3. The van der Waals surface area contributed by atoms with Crippen LogP contribution < -0.4 is 4.90 Å². The van der Waals surface area contributed by atoms with Crippen LogP contribution in [0.15, 0.2) is 169 Å². The molecule has 2 heterocycles. The Hall–Kier alpha value is -4.25. The maximum absolute atomic E-state index is 4.58. The summed E-state index contributed by atoms with van der Waals surface area (Å²) in [4.78, 5) is 6.82. The molecule has 2 aliphatic heterocycles. The van der Waals surface area contributed by atoms with Crippen LogP contribution in [0.4, 0.5) is 5.69 Å². The molecule has 0 amide bonds. The number of anilines is 1. The predicted molar refractivity (Wildman–Crippen MR) is 192 cm³/mol. The van der Waals surface area contributed by atoms with Gasteiger partial charge in [-0.15, -0.1) is 6.67 Å². The molecule has 0 aromatic heterocycles. The molecule has 47 heavy (non-hydrogen) atoms. The van der Waals surface area contributed by atoms with E-state index in [0.29, 0.717) is 0 Å². The van der Waals surface area contributed by atoms with Crippen molar-refractivity contribution in [2.24, 2.45) is 0 Å². The van der Waals surface area contributed by atoms with Crippen LogP contribution in [0.5, 0.6) is 0 Å². The maximum atomic E-state index is 4.58. The Morgan fingerprint density at radius 3 is 1.43 bits per heavy atom. The molecule has 0 atom stereocenters. The molecule has 0 spiro atoms. The van der Waals surface area contributed by atoms with Crippen molar-refractivity contribution in [3.05, 3.63) is 215 Å². The third-order valence-corrected chi connectivity index (χ3v) is 8.73. The quantitative estimate of drug-likeness (QED) is 0.0878. The minimum atomic E-state index is 0.0390. The Morgan fingerprint density at radius 1 is 0.638 bits per heavy atom. The number of benzene rings is 5. The Labute approximate surface area is 295 Å². The molecular formula is C42H38AuClN3-. The van der Waals surface area contributed by atoms with Gasteiger partial charge in [0.15, 0.2) is 0 Å². The molecule has 0 fully saturated rings. The van der Waals surface area contributed by atoms with Gasteiger partial charge in [-0.25, -0.2) is 0 Å². The molecule has 0 saturated heterocycles. The first-order valence-corrected chi connectivity index (χ1v) is 18.4. The first-order chi connectivity index (χ1) is 23.1. The molecule has 0 N–H and O–H groups in total. The molecule has 0 saturated carbocycles. The van der Waals surface area contributed by atoms with Crippen LogP contribution in [-0.4, -0.2) is 23.9 Å². The van der Waals surface area contributed by atoms with E-state index in [1.54, 1.807) is 20.0 Å². The van der Waals surface area contributed by atoms with Crippen molar-refractivity contribution in [2.45, 2.75) is 18.8 Å². The molecule has 5 aromatic carbocycles. The summed E-state index contributed by atoms with van der Waals surface area (Å²) < 4.78 is 0. The zero-order chi connectivity index (χ0) is 32.8. The fourth-order valence-corrected chi connectivity index (χ4v) is 6.80. The molecule has 0 radical (unpaired) electrons. The number of nitrogens with zero attached hydrogens (tertiary/aromatic N) is 3. The first-order valence-electron chi connectivity index (χ1n) is 15.7. The molecular weight excluding hydrogens is 779 g/mol. The van der Waals surface area contributed by atoms with Crippen molar-refractivity contribution >= 4 is 14.9 Å². The topological polar surface area (TPSA) is 9.72 Å². The van der Waals surface area contributed by atoms with E-state index in [2.05, 4.69) is 209 Å². The number of hydrogen-bond donors (Lipinski definition) is 0. The van der Waals surface area contributed by atoms with Gasteiger partial charge >= 0.3 is 29.2 Å². The fraction of sp³-hybridized carbons (Fsp3) is 0.119. The average molecular weight is 817 g/mol. The van der Waals surface area contributed by atoms with Crippen molar-refractivity contribution in [3.63, 3.8) is 0 Å². The van der Waals surface area contributed by atoms with Gasteiger partial charge < -0.3 is 14.7 Å². The van der Waals surface area contributed by atoms with Gasteiger partial charge in [-0.3, -0.25) is 0 Å². The Bertz CT molecular complexity index is 1690. The van der Waals surface area contributed by atoms with Crippen LogP contribution >= 0.6 is 9.19 Å². The Balaban J connectivity index is 0.00000190. The summed E-state index contributed by atoms with van der Waals surface area (Å²) in [5.41, 5.74) is 11.3. The molecule has 7 rings (SSSR count). The van der Waals surface area contributed by atoms with Gasteiger partial charge in [0.2, 0.25) is 0 Å². The summed E-state index contributed by atoms with van der Waals surface area (Å²) in [7, 11) is 8.78. The number of halogens is 1. The summed E-state index contributed by atoms with van der Waals surface area (Å²) in [6.45, 7) is 4.49. The standard InChI is InChI=1S/C42H38N3.Au.ClH/c1-31-27-37(40(32-17-8-4-9-18-32)33-19-10-5-11-20-33)42(44-29-36-25-16-26-39(43(2)3)45(36)30-44)38(28-31)41(34-21-12-6-13-22-34)35-23-14-7-15-24-35;;/h4-30,40-41H,1-3H3;;1H/q-1;+1;/p-1. The zero-order valence-corrected chi connectivity index (χ0v) is 29.7. The summed E-state index contributed by atoms with van der Waals surface area (Å²) in [6, 6.07) is 48.6. The molecule has 0 unspecified atom stereocenters. The average Bonchev–Trinajstić information content (AvgIpc) is 3.55. The molecule has 240 valence electrons. The second-order valence-electron chi connectivity index (χ2n) is 12.0. The second kappa shape index (κ2) is 15.1. The molecule has 0 aliphatic carbocycles. The summed E-state index contributed by atoms with van der Waals surface area (Å²) in [5.74, 6) is 1.21. The van der Waals surface area contributed by atoms with E-state index in [0.717, 1.165) is 11.5 Å². The third kappa shape index (κ3) is 6.90. The van der Waals surface area contributed by atoms with Crippen LogP contribution in [-0.2, 0) is 20.0 Å². The number of fused-ring (bicyclic) bond motifs is 1. The Morgan fingerprint density at radius 2 is 1.04 bits per heavy atom. The number of rotatable bonds is 8. The van der Waals surface area contributed by atoms with Crippen LogP contribution in [0.2, 0.25) is 0 Å². The van der Waals surface area contributed by atoms with Gasteiger partial charge in [0.1, 0.15) is 0 Å². The van der Waals surface area contributed by atoms with Crippen molar-refractivity contribution in [1.29, 1.82) is 0 Å². The van der Waals surface area contributed by atoms with Crippen molar-refractivity contribution in [2.75, 3.05) is 19.0 Å². The second-order valence-corrected chi connectivity index (χ2v) is 12.0. The molecule has 3 nitrogen and oxygen atoms in total. The van der Waals surface area contributed by atoms with E-state index in [-0.39, 0.29) is 11.8 Å². The first kappa shape index (κ1) is 32.7. The third-order valence-electron chi connectivity index (χ3n) is 8.73. The fourth-order valence-electron chi connectivity index (χ4n) is 6.80. The van der Waals surface area contributed by atoms with Gasteiger partial charge in [-0.05, 0) is 58.7 Å². The van der Waals surface area contributed by atoms with E-state index in [4.69, 9.17) is 0 Å². The predicted octanol–water partition coefficient (Wildman–Crippen LogP) is 10.1. The summed E-state index contributed by atoms with van der Waals surface area (Å²) in [6.07, 6.45) is 8.78. The van der Waals surface area contributed by atoms with Crippen molar-refractivity contribution in [1.82, 2.24) is 9.80 Å². The molecule has 5 heteroatoms. The van der Waals surface area contributed by atoms with Gasteiger partial charge in [0, 0.05) is 37.3 Å². The Kier molecular flexibility index (Phi) is 10.5. The van der Waals surface area contributed by atoms with Gasteiger partial charge in [-0.2, -0.15) is 0 Å². The van der Waals surface area contributed by atoms with E-state index in [1.807, 2.05) is 0 Å². The van der Waals surface area contributed by atoms with Crippen molar-refractivity contribution in [3.8, 4) is 0 Å². The van der Waals surface area contributed by atoms with E-state index < -0.39 is 0 Å². The van der Waals surface area contributed by atoms with Gasteiger partial charge in [0.05, 0.1) is 5.82 Å². The SMILES string of the molecule is Cc1cc(C(c2ccccc2)c2ccccc2)c(N2C=C3C=CC=C(N(C)C)N3[CH-]2)c(C(c2ccccc2)c2ccccc2)c1.[Cl][Au]. The van der Waals surface area contributed by atoms with Crippen LogP contribution in [0, 0.1) is 13.6 Å². The molecule has 2 aliphatic rings. The van der Waals surface area contributed by atoms with E-state index in [1.165, 1.54) is 44.6 Å². The van der Waals surface area contributed by atoms with Crippen molar-refractivity contribution < 1.29 is 20.0 Å². The van der Waals surface area contributed by atoms with Crippen LogP contribution in [0.1, 0.15) is 50.8 Å². The summed E-state index contributed by atoms with van der Waals surface area (Å²) in [5, 5.41) is 0. The number of hydrogen-bond acceptors (Lipinski definition) is 3. The molecule has 0 bridgehead atoms. The van der Waals surface area contributed by atoms with Gasteiger partial charge in [0.25, 0.3) is 0 Å².